The highest BCUT2D eigenvalue weighted by atomic mass is 32.2. The number of thiazole rings is 1. The summed E-state index contributed by atoms with van der Waals surface area (Å²) in [5.74, 6) is 0.174. The van der Waals surface area contributed by atoms with E-state index in [2.05, 4.69) is 10.3 Å². The molecule has 0 aliphatic carbocycles. The first-order chi connectivity index (χ1) is 7.95. The van der Waals surface area contributed by atoms with Gasteiger partial charge in [0.25, 0.3) is 0 Å². The van der Waals surface area contributed by atoms with Crippen LogP contribution in [-0.2, 0) is 16.6 Å². The van der Waals surface area contributed by atoms with E-state index >= 15 is 0 Å². The van der Waals surface area contributed by atoms with Gasteiger partial charge >= 0.3 is 0 Å². The molecule has 98 valence electrons. The van der Waals surface area contributed by atoms with Crippen molar-refractivity contribution >= 4 is 21.4 Å². The van der Waals surface area contributed by atoms with Crippen LogP contribution in [0.2, 0.25) is 0 Å². The average Bonchev–Trinajstić information content (AvgIpc) is 2.64. The third kappa shape index (κ3) is 4.71. The smallest absolute Gasteiger partial charge is 0.214 e. The number of hydrogen-bond acceptors (Lipinski definition) is 5. The minimum atomic E-state index is -3.16. The first-order valence-electron chi connectivity index (χ1n) is 5.45. The maximum atomic E-state index is 11.9. The van der Waals surface area contributed by atoms with Gasteiger partial charge in [-0.25, -0.2) is 13.4 Å². The average molecular weight is 277 g/mol. The van der Waals surface area contributed by atoms with E-state index in [-0.39, 0.29) is 5.75 Å². The molecule has 0 saturated carbocycles. The fraction of sp³-hybridized carbons (Fsp3) is 0.700. The second kappa shape index (κ2) is 6.44. The van der Waals surface area contributed by atoms with Crippen LogP contribution in [0.1, 0.15) is 17.1 Å². The van der Waals surface area contributed by atoms with Crippen LogP contribution in [0.25, 0.3) is 0 Å². The van der Waals surface area contributed by atoms with Crippen molar-refractivity contribution in [1.82, 2.24) is 14.6 Å². The Morgan fingerprint density at radius 3 is 2.76 bits per heavy atom. The zero-order valence-electron chi connectivity index (χ0n) is 10.4. The van der Waals surface area contributed by atoms with E-state index < -0.39 is 10.0 Å². The number of hydrogen-bond donors (Lipinski definition) is 1. The molecular formula is C10H19N3O2S2. The molecule has 7 heteroatoms. The van der Waals surface area contributed by atoms with E-state index in [1.54, 1.807) is 7.05 Å². The highest BCUT2D eigenvalue weighted by molar-refractivity contribution is 7.89. The van der Waals surface area contributed by atoms with Gasteiger partial charge < -0.3 is 5.32 Å². The molecule has 1 N–H and O–H groups in total. The Labute approximate surface area is 107 Å². The number of aromatic nitrogens is 1. The van der Waals surface area contributed by atoms with Gasteiger partial charge in [-0.1, -0.05) is 0 Å². The summed E-state index contributed by atoms with van der Waals surface area (Å²) in [6.07, 6.45) is 0.624. The van der Waals surface area contributed by atoms with Crippen molar-refractivity contribution in [1.29, 1.82) is 0 Å². The molecule has 0 unspecified atom stereocenters. The van der Waals surface area contributed by atoms with Gasteiger partial charge in [-0.2, -0.15) is 4.31 Å². The monoisotopic (exact) mass is 277 g/mol. The molecule has 0 saturated heterocycles. The van der Waals surface area contributed by atoms with Gasteiger partial charge in [0.15, 0.2) is 0 Å². The molecule has 0 atom stereocenters. The molecule has 1 aromatic heterocycles. The summed E-state index contributed by atoms with van der Waals surface area (Å²) in [6, 6.07) is 0. The molecule has 17 heavy (non-hydrogen) atoms. The molecule has 0 amide bonds. The maximum absolute atomic E-state index is 11.9. The highest BCUT2D eigenvalue weighted by Crippen LogP contribution is 2.12. The molecule has 1 rings (SSSR count). The van der Waals surface area contributed by atoms with Crippen molar-refractivity contribution < 1.29 is 8.42 Å². The highest BCUT2D eigenvalue weighted by Gasteiger charge is 2.18. The zero-order valence-corrected chi connectivity index (χ0v) is 12.1. The molecule has 0 bridgehead atoms. The predicted molar refractivity (Wildman–Crippen MR) is 70.6 cm³/mol. The van der Waals surface area contributed by atoms with Crippen molar-refractivity contribution in [2.45, 2.75) is 19.9 Å². The van der Waals surface area contributed by atoms with Crippen LogP contribution in [0.15, 0.2) is 5.38 Å². The van der Waals surface area contributed by atoms with Crippen molar-refractivity contribution in [3.8, 4) is 0 Å². The Hall–Kier alpha value is -0.500. The van der Waals surface area contributed by atoms with Gasteiger partial charge in [-0.3, -0.25) is 0 Å². The first-order valence-corrected chi connectivity index (χ1v) is 7.94. The third-order valence-electron chi connectivity index (χ3n) is 2.36. The standard InChI is InChI=1S/C10H19N3O2S2/c1-9-12-10(8-16-9)7-13(3)17(14,15)6-4-5-11-2/h8,11H,4-7H2,1-3H3. The molecule has 1 aromatic rings. The Kier molecular flexibility index (Phi) is 5.51. The summed E-state index contributed by atoms with van der Waals surface area (Å²) >= 11 is 1.54. The summed E-state index contributed by atoms with van der Waals surface area (Å²) in [4.78, 5) is 4.26. The first kappa shape index (κ1) is 14.6. The molecular weight excluding hydrogens is 258 g/mol. The fourth-order valence-corrected chi connectivity index (χ4v) is 3.15. The molecule has 5 nitrogen and oxygen atoms in total. The van der Waals surface area contributed by atoms with Crippen molar-refractivity contribution in [3.63, 3.8) is 0 Å². The van der Waals surface area contributed by atoms with Gasteiger partial charge in [0.2, 0.25) is 10.0 Å². The SMILES string of the molecule is CNCCCS(=O)(=O)N(C)Cc1csc(C)n1. The van der Waals surface area contributed by atoms with Gasteiger partial charge in [0, 0.05) is 12.4 Å². The lowest BCUT2D eigenvalue weighted by molar-refractivity contribution is 0.461. The number of nitrogens with one attached hydrogen (secondary N) is 1. The van der Waals surface area contributed by atoms with Crippen molar-refractivity contribution in [2.24, 2.45) is 0 Å². The van der Waals surface area contributed by atoms with Crippen molar-refractivity contribution in [3.05, 3.63) is 16.1 Å². The van der Waals surface area contributed by atoms with Crippen molar-refractivity contribution in [2.75, 3.05) is 26.4 Å². The fourth-order valence-electron chi connectivity index (χ4n) is 1.39. The summed E-state index contributed by atoms with van der Waals surface area (Å²) < 4.78 is 25.2. The second-order valence-corrected chi connectivity index (χ2v) is 7.14. The van der Waals surface area contributed by atoms with Crippen LogP contribution in [0.5, 0.6) is 0 Å². The van der Waals surface area contributed by atoms with E-state index in [4.69, 9.17) is 0 Å². The Morgan fingerprint density at radius 1 is 1.53 bits per heavy atom. The quantitative estimate of drug-likeness (QED) is 0.750. The van der Waals surface area contributed by atoms with Gasteiger partial charge in [0.1, 0.15) is 0 Å². The molecule has 1 heterocycles. The van der Waals surface area contributed by atoms with E-state index in [0.29, 0.717) is 19.5 Å². The second-order valence-electron chi connectivity index (χ2n) is 3.89. The van der Waals surface area contributed by atoms with Crippen LogP contribution in [0, 0.1) is 6.92 Å². The third-order valence-corrected chi connectivity index (χ3v) is 5.06. The van der Waals surface area contributed by atoms with E-state index in [1.165, 1.54) is 15.6 Å². The lowest BCUT2D eigenvalue weighted by Gasteiger charge is -2.15. The summed E-state index contributed by atoms with van der Waals surface area (Å²) in [5.41, 5.74) is 0.812. The topological polar surface area (TPSA) is 62.3 Å². The number of nitrogens with zero attached hydrogens (tertiary/aromatic N) is 2. The molecule has 0 radical (unpaired) electrons. The molecule has 0 aromatic carbocycles. The Bertz CT molecular complexity index is 442. The molecule has 0 spiro atoms. The minimum absolute atomic E-state index is 0.174. The van der Waals surface area contributed by atoms with E-state index in [0.717, 1.165) is 10.7 Å². The van der Waals surface area contributed by atoms with Crippen LogP contribution >= 0.6 is 11.3 Å². The molecule has 0 aliphatic heterocycles. The van der Waals surface area contributed by atoms with E-state index in [1.807, 2.05) is 19.4 Å². The largest absolute Gasteiger partial charge is 0.320 e. The van der Waals surface area contributed by atoms with Crippen LogP contribution < -0.4 is 5.32 Å². The number of rotatable bonds is 7. The Balaban J connectivity index is 2.53. The predicted octanol–water partition coefficient (Wildman–Crippen LogP) is 0.823. The van der Waals surface area contributed by atoms with Crippen LogP contribution in [0.3, 0.4) is 0 Å². The number of sulfonamides is 1. The summed E-state index contributed by atoms with van der Waals surface area (Å²) in [6.45, 7) is 2.98. The van der Waals surface area contributed by atoms with E-state index in [9.17, 15) is 8.42 Å². The normalized spacial score (nSPS) is 12.2. The van der Waals surface area contributed by atoms with Gasteiger partial charge in [0.05, 0.1) is 23.0 Å². The van der Waals surface area contributed by atoms with Crippen LogP contribution in [-0.4, -0.2) is 44.1 Å². The molecule has 0 fully saturated rings. The lowest BCUT2D eigenvalue weighted by Crippen LogP contribution is -2.30. The van der Waals surface area contributed by atoms with Gasteiger partial charge in [-0.05, 0) is 26.9 Å². The molecule has 0 aliphatic rings. The van der Waals surface area contributed by atoms with Crippen LogP contribution in [0.4, 0.5) is 0 Å². The maximum Gasteiger partial charge on any atom is 0.214 e. The summed E-state index contributed by atoms with van der Waals surface area (Å²) in [5, 5.41) is 5.80. The minimum Gasteiger partial charge on any atom is -0.320 e. The summed E-state index contributed by atoms with van der Waals surface area (Å²) in [7, 11) is 0.251. The lowest BCUT2D eigenvalue weighted by atomic mass is 10.5. The Morgan fingerprint density at radius 2 is 2.24 bits per heavy atom. The zero-order chi connectivity index (χ0) is 12.9. The van der Waals surface area contributed by atoms with Gasteiger partial charge in [-0.15, -0.1) is 11.3 Å². The number of aryl methyl sites for hydroxylation is 1.